The summed E-state index contributed by atoms with van der Waals surface area (Å²) in [5.41, 5.74) is 7.51. The minimum Gasteiger partial charge on any atom is -0.383 e. The molecule has 2 heterocycles. The van der Waals surface area contributed by atoms with Crippen LogP contribution in [-0.2, 0) is 24.1 Å². The number of methoxy groups -OCH3 is 1. The Morgan fingerprint density at radius 2 is 1.97 bits per heavy atom. The Morgan fingerprint density at radius 3 is 2.72 bits per heavy atom. The molecule has 4 rings (SSSR count). The summed E-state index contributed by atoms with van der Waals surface area (Å²) in [6.45, 7) is 0.529. The number of benzene rings is 1. The van der Waals surface area contributed by atoms with Crippen LogP contribution < -0.4 is 21.9 Å². The highest BCUT2D eigenvalue weighted by Gasteiger charge is 2.29. The molecule has 1 amide bonds. The number of H-pyrrole nitrogens is 1. The fourth-order valence-electron chi connectivity index (χ4n) is 4.08. The summed E-state index contributed by atoms with van der Waals surface area (Å²) in [5.74, 6) is -0.347. The standard InChI is InChI=1S/C23H26N4O4S/c1-31-12-11-26(22(29)17-14-32-18-10-6-5-9-16(17)18)19-20(24)27(23(30)25-21(19)28)13-15-7-3-2-4-8-15/h2-4,7-8,14H,5-6,9-13,24H2,1H3,(H,25,28,30). The number of aromatic amines is 1. The van der Waals surface area contributed by atoms with Crippen LogP contribution >= 0.6 is 11.3 Å². The molecule has 0 unspecified atom stereocenters. The van der Waals surface area contributed by atoms with Crippen molar-refractivity contribution in [1.29, 1.82) is 0 Å². The monoisotopic (exact) mass is 454 g/mol. The van der Waals surface area contributed by atoms with Crippen LogP contribution in [0.1, 0.15) is 39.2 Å². The Bertz CT molecular complexity index is 1230. The number of hydrogen-bond donors (Lipinski definition) is 2. The Labute approximate surface area is 189 Å². The highest BCUT2D eigenvalue weighted by atomic mass is 32.1. The average Bonchev–Trinajstić information content (AvgIpc) is 3.23. The fraction of sp³-hybridized carbons (Fsp3) is 0.348. The van der Waals surface area contributed by atoms with Gasteiger partial charge in [-0.2, -0.15) is 0 Å². The largest absolute Gasteiger partial charge is 0.383 e. The predicted molar refractivity (Wildman–Crippen MR) is 126 cm³/mol. The number of amides is 1. The second kappa shape index (κ2) is 9.54. The third kappa shape index (κ3) is 4.26. The number of nitrogens with two attached hydrogens (primary N) is 1. The quantitative estimate of drug-likeness (QED) is 0.570. The van der Waals surface area contributed by atoms with Crippen LogP contribution in [0.25, 0.3) is 0 Å². The smallest absolute Gasteiger partial charge is 0.330 e. The molecule has 32 heavy (non-hydrogen) atoms. The van der Waals surface area contributed by atoms with Gasteiger partial charge in [0.15, 0.2) is 5.69 Å². The number of aromatic nitrogens is 2. The van der Waals surface area contributed by atoms with E-state index in [2.05, 4.69) is 4.98 Å². The Hall–Kier alpha value is -3.17. The number of nitrogens with zero attached hydrogens (tertiary/aromatic N) is 2. The molecule has 0 radical (unpaired) electrons. The molecule has 1 aliphatic carbocycles. The molecule has 0 spiro atoms. The van der Waals surface area contributed by atoms with Crippen molar-refractivity contribution in [2.45, 2.75) is 32.2 Å². The summed E-state index contributed by atoms with van der Waals surface area (Å²) >= 11 is 1.58. The summed E-state index contributed by atoms with van der Waals surface area (Å²) in [6.07, 6.45) is 3.96. The number of fused-ring (bicyclic) bond motifs is 1. The molecule has 9 heteroatoms. The maximum atomic E-state index is 13.6. The number of nitrogen functional groups attached to an aromatic ring is 1. The van der Waals surface area contributed by atoms with Gasteiger partial charge < -0.3 is 10.5 Å². The van der Waals surface area contributed by atoms with Crippen LogP contribution in [0.5, 0.6) is 0 Å². The lowest BCUT2D eigenvalue weighted by molar-refractivity contribution is 0.0975. The molecule has 3 aromatic rings. The van der Waals surface area contributed by atoms with Gasteiger partial charge in [0.2, 0.25) is 0 Å². The second-order valence-corrected chi connectivity index (χ2v) is 8.74. The molecule has 1 aromatic carbocycles. The van der Waals surface area contributed by atoms with Crippen molar-refractivity contribution in [3.8, 4) is 0 Å². The van der Waals surface area contributed by atoms with Crippen LogP contribution in [0.2, 0.25) is 0 Å². The number of ether oxygens (including phenoxy) is 1. The highest BCUT2D eigenvalue weighted by Crippen LogP contribution is 2.32. The van der Waals surface area contributed by atoms with Crippen molar-refractivity contribution in [3.63, 3.8) is 0 Å². The van der Waals surface area contributed by atoms with E-state index in [0.29, 0.717) is 5.56 Å². The van der Waals surface area contributed by atoms with Crippen LogP contribution in [-0.4, -0.2) is 35.7 Å². The molecular formula is C23H26N4O4S. The van der Waals surface area contributed by atoms with E-state index in [1.165, 1.54) is 21.5 Å². The van der Waals surface area contributed by atoms with E-state index >= 15 is 0 Å². The number of thiophene rings is 1. The maximum absolute atomic E-state index is 13.6. The summed E-state index contributed by atoms with van der Waals surface area (Å²) < 4.78 is 6.47. The van der Waals surface area contributed by atoms with Crippen molar-refractivity contribution in [3.05, 3.63) is 78.1 Å². The van der Waals surface area contributed by atoms with Crippen molar-refractivity contribution in [2.75, 3.05) is 30.9 Å². The normalized spacial score (nSPS) is 13.0. The SMILES string of the molecule is COCCN(C(=O)c1csc2c1CCCC2)c1c(N)n(Cc2ccccc2)c(=O)[nH]c1=O. The molecule has 0 fully saturated rings. The molecule has 1 aliphatic rings. The van der Waals surface area contributed by atoms with Gasteiger partial charge in [0, 0.05) is 23.9 Å². The van der Waals surface area contributed by atoms with Crippen LogP contribution in [0.15, 0.2) is 45.3 Å². The lowest BCUT2D eigenvalue weighted by Crippen LogP contribution is -2.42. The van der Waals surface area contributed by atoms with Gasteiger partial charge >= 0.3 is 5.69 Å². The van der Waals surface area contributed by atoms with E-state index < -0.39 is 11.2 Å². The van der Waals surface area contributed by atoms with Gasteiger partial charge in [-0.05, 0) is 36.8 Å². The van der Waals surface area contributed by atoms with E-state index in [1.54, 1.807) is 11.3 Å². The third-order valence-corrected chi connectivity index (χ3v) is 6.81. The second-order valence-electron chi connectivity index (χ2n) is 7.77. The fourth-order valence-corrected chi connectivity index (χ4v) is 5.20. The van der Waals surface area contributed by atoms with E-state index in [9.17, 15) is 14.4 Å². The maximum Gasteiger partial charge on any atom is 0.330 e. The molecule has 2 aromatic heterocycles. The van der Waals surface area contributed by atoms with E-state index in [4.69, 9.17) is 10.5 Å². The first-order chi connectivity index (χ1) is 15.5. The van der Waals surface area contributed by atoms with Crippen molar-refractivity contribution in [1.82, 2.24) is 9.55 Å². The lowest BCUT2D eigenvalue weighted by Gasteiger charge is -2.25. The Morgan fingerprint density at radius 1 is 1.22 bits per heavy atom. The van der Waals surface area contributed by atoms with E-state index in [0.717, 1.165) is 36.8 Å². The lowest BCUT2D eigenvalue weighted by atomic mass is 9.95. The van der Waals surface area contributed by atoms with Crippen molar-refractivity contribution < 1.29 is 9.53 Å². The Balaban J connectivity index is 1.79. The summed E-state index contributed by atoms with van der Waals surface area (Å²) in [4.78, 5) is 43.9. The molecule has 168 valence electrons. The first-order valence-corrected chi connectivity index (χ1v) is 11.5. The number of carbonyl (C=O) groups is 1. The zero-order chi connectivity index (χ0) is 22.7. The molecular weight excluding hydrogens is 428 g/mol. The van der Waals surface area contributed by atoms with Crippen LogP contribution in [0.3, 0.4) is 0 Å². The van der Waals surface area contributed by atoms with Crippen LogP contribution in [0.4, 0.5) is 11.5 Å². The van der Waals surface area contributed by atoms with Gasteiger partial charge in [-0.15, -0.1) is 11.3 Å². The predicted octanol–water partition coefficient (Wildman–Crippen LogP) is 2.40. The Kier molecular flexibility index (Phi) is 6.57. The summed E-state index contributed by atoms with van der Waals surface area (Å²) in [5, 5.41) is 1.86. The zero-order valence-electron chi connectivity index (χ0n) is 17.9. The molecule has 0 saturated heterocycles. The average molecular weight is 455 g/mol. The van der Waals surface area contributed by atoms with Gasteiger partial charge in [0.05, 0.1) is 18.7 Å². The van der Waals surface area contributed by atoms with E-state index in [1.807, 2.05) is 35.7 Å². The van der Waals surface area contributed by atoms with Gasteiger partial charge in [-0.3, -0.25) is 24.0 Å². The number of carbonyl (C=O) groups excluding carboxylic acids is 1. The first kappa shape index (κ1) is 22.0. The van der Waals surface area contributed by atoms with Crippen molar-refractivity contribution in [2.24, 2.45) is 0 Å². The van der Waals surface area contributed by atoms with Crippen molar-refractivity contribution >= 4 is 28.7 Å². The van der Waals surface area contributed by atoms with Crippen LogP contribution in [0, 0.1) is 0 Å². The molecule has 8 nitrogen and oxygen atoms in total. The zero-order valence-corrected chi connectivity index (χ0v) is 18.7. The van der Waals surface area contributed by atoms with Gasteiger partial charge in [0.1, 0.15) is 5.82 Å². The number of anilines is 2. The minimum absolute atomic E-state index is 0.0293. The third-order valence-electron chi connectivity index (χ3n) is 5.72. The van der Waals surface area contributed by atoms with Gasteiger partial charge in [-0.1, -0.05) is 30.3 Å². The number of hydrogen-bond acceptors (Lipinski definition) is 6. The number of aryl methyl sites for hydroxylation is 1. The number of rotatable bonds is 7. The molecule has 0 saturated carbocycles. The first-order valence-electron chi connectivity index (χ1n) is 10.6. The molecule has 0 atom stereocenters. The van der Waals surface area contributed by atoms with Gasteiger partial charge in [0.25, 0.3) is 11.5 Å². The molecule has 3 N–H and O–H groups in total. The summed E-state index contributed by atoms with van der Waals surface area (Å²) in [7, 11) is 1.53. The topological polar surface area (TPSA) is 110 Å². The summed E-state index contributed by atoms with van der Waals surface area (Å²) in [6, 6.07) is 9.32. The number of nitrogens with one attached hydrogen (secondary N) is 1. The minimum atomic E-state index is -0.689. The highest BCUT2D eigenvalue weighted by molar-refractivity contribution is 7.10. The van der Waals surface area contributed by atoms with E-state index in [-0.39, 0.29) is 37.1 Å². The van der Waals surface area contributed by atoms with Gasteiger partial charge in [-0.25, -0.2) is 4.79 Å². The molecule has 0 bridgehead atoms. The molecule has 0 aliphatic heterocycles.